The largest absolute Gasteiger partial charge is 0.290 e. The maximum atomic E-state index is 12.4. The van der Waals surface area contributed by atoms with Gasteiger partial charge in [0.1, 0.15) is 0 Å². The number of nitrogens with zero attached hydrogens (tertiary/aromatic N) is 3. The number of fused-ring (bicyclic) bond motifs is 1. The minimum atomic E-state index is -0.164. The Kier molecular flexibility index (Phi) is 3.46. The van der Waals surface area contributed by atoms with Crippen molar-refractivity contribution in [1.82, 2.24) is 19.7 Å². The number of aromatic nitrogens is 4. The zero-order chi connectivity index (χ0) is 16.5. The molecule has 0 spiro atoms. The summed E-state index contributed by atoms with van der Waals surface area (Å²) < 4.78 is 1.71. The molecule has 24 heavy (non-hydrogen) atoms. The molecule has 2 heterocycles. The molecule has 0 fully saturated rings. The number of aromatic amines is 1. The summed E-state index contributed by atoms with van der Waals surface area (Å²) in [6, 6.07) is 19.3. The molecular weight excluding hydrogens is 300 g/mol. The van der Waals surface area contributed by atoms with E-state index in [0.29, 0.717) is 16.9 Å². The summed E-state index contributed by atoms with van der Waals surface area (Å²) in [5, 5.41) is 5.18. The molecular formula is C19H16N4O. The molecule has 4 aromatic rings. The molecule has 2 aromatic heterocycles. The zero-order valence-corrected chi connectivity index (χ0v) is 13.2. The highest BCUT2D eigenvalue weighted by Gasteiger charge is 2.13. The van der Waals surface area contributed by atoms with Crippen molar-refractivity contribution < 1.29 is 0 Å². The van der Waals surface area contributed by atoms with Crippen LogP contribution in [0.3, 0.4) is 0 Å². The van der Waals surface area contributed by atoms with Crippen molar-refractivity contribution in [3.63, 3.8) is 0 Å². The molecule has 5 heteroatoms. The van der Waals surface area contributed by atoms with Gasteiger partial charge >= 0.3 is 0 Å². The maximum absolute atomic E-state index is 12.4. The summed E-state index contributed by atoms with van der Waals surface area (Å²) in [5.74, 6) is 0.428. The maximum Gasteiger partial charge on any atom is 0.260 e. The van der Waals surface area contributed by atoms with Crippen LogP contribution in [0.1, 0.15) is 12.6 Å². The van der Waals surface area contributed by atoms with E-state index in [1.165, 1.54) is 0 Å². The molecule has 0 saturated carbocycles. The summed E-state index contributed by atoms with van der Waals surface area (Å²) in [6.45, 7) is 2.05. The van der Waals surface area contributed by atoms with E-state index in [1.807, 2.05) is 54.6 Å². The second kappa shape index (κ2) is 5.77. The van der Waals surface area contributed by atoms with Crippen molar-refractivity contribution in [2.45, 2.75) is 13.3 Å². The van der Waals surface area contributed by atoms with Crippen LogP contribution in [0.4, 0.5) is 0 Å². The molecule has 0 aliphatic heterocycles. The SMILES string of the molecule is CCc1cc(-c2ccccc2)n(-c2nc3ccccc3c(=O)[nH]2)n1. The molecule has 0 unspecified atom stereocenters. The summed E-state index contributed by atoms with van der Waals surface area (Å²) in [4.78, 5) is 19.8. The van der Waals surface area contributed by atoms with Crippen molar-refractivity contribution in [3.8, 4) is 17.2 Å². The first-order chi connectivity index (χ1) is 11.8. The van der Waals surface area contributed by atoms with Crippen LogP contribution in [0.2, 0.25) is 0 Å². The highest BCUT2D eigenvalue weighted by Crippen LogP contribution is 2.23. The molecule has 1 N–H and O–H groups in total. The van der Waals surface area contributed by atoms with Gasteiger partial charge in [-0.2, -0.15) is 9.78 Å². The van der Waals surface area contributed by atoms with Crippen molar-refractivity contribution in [2.75, 3.05) is 0 Å². The Morgan fingerprint density at radius 3 is 2.58 bits per heavy atom. The van der Waals surface area contributed by atoms with E-state index in [0.717, 1.165) is 23.4 Å². The van der Waals surface area contributed by atoms with E-state index in [1.54, 1.807) is 10.7 Å². The first-order valence-electron chi connectivity index (χ1n) is 7.90. The Morgan fingerprint density at radius 2 is 1.79 bits per heavy atom. The van der Waals surface area contributed by atoms with E-state index in [2.05, 4.69) is 22.0 Å². The van der Waals surface area contributed by atoms with Crippen molar-refractivity contribution >= 4 is 10.9 Å². The summed E-state index contributed by atoms with van der Waals surface area (Å²) >= 11 is 0. The number of hydrogen-bond donors (Lipinski definition) is 1. The van der Waals surface area contributed by atoms with Gasteiger partial charge in [0.25, 0.3) is 5.56 Å². The quantitative estimate of drug-likeness (QED) is 0.630. The number of H-pyrrole nitrogens is 1. The number of benzene rings is 2. The van der Waals surface area contributed by atoms with E-state index >= 15 is 0 Å². The van der Waals surface area contributed by atoms with Crippen molar-refractivity contribution in [2.24, 2.45) is 0 Å². The van der Waals surface area contributed by atoms with Crippen LogP contribution < -0.4 is 5.56 Å². The molecule has 0 amide bonds. The average molecular weight is 316 g/mol. The minimum Gasteiger partial charge on any atom is -0.290 e. The van der Waals surface area contributed by atoms with Crippen LogP contribution in [0.5, 0.6) is 0 Å². The third kappa shape index (κ3) is 2.40. The fourth-order valence-electron chi connectivity index (χ4n) is 2.75. The van der Waals surface area contributed by atoms with E-state index in [-0.39, 0.29) is 5.56 Å². The number of para-hydroxylation sites is 1. The topological polar surface area (TPSA) is 63.6 Å². The van der Waals surface area contributed by atoms with Crippen molar-refractivity contribution in [1.29, 1.82) is 0 Å². The van der Waals surface area contributed by atoms with Gasteiger partial charge in [-0.25, -0.2) is 4.98 Å². The van der Waals surface area contributed by atoms with Gasteiger partial charge in [-0.1, -0.05) is 49.4 Å². The predicted molar refractivity (Wildman–Crippen MR) is 94.3 cm³/mol. The van der Waals surface area contributed by atoms with E-state index < -0.39 is 0 Å². The van der Waals surface area contributed by atoms with Crippen molar-refractivity contribution in [3.05, 3.63) is 76.7 Å². The Balaban J connectivity index is 1.97. The molecule has 0 atom stereocenters. The van der Waals surface area contributed by atoms with Gasteiger partial charge in [0, 0.05) is 5.56 Å². The second-order valence-corrected chi connectivity index (χ2v) is 5.56. The molecule has 0 aliphatic rings. The molecule has 0 bridgehead atoms. The smallest absolute Gasteiger partial charge is 0.260 e. The monoisotopic (exact) mass is 316 g/mol. The Hall–Kier alpha value is -3.21. The molecule has 0 saturated heterocycles. The first-order valence-corrected chi connectivity index (χ1v) is 7.90. The molecule has 118 valence electrons. The third-order valence-electron chi connectivity index (χ3n) is 3.99. The second-order valence-electron chi connectivity index (χ2n) is 5.56. The third-order valence-corrected chi connectivity index (χ3v) is 3.99. The van der Waals surface area contributed by atoms with Gasteiger partial charge in [-0.3, -0.25) is 9.78 Å². The first kappa shape index (κ1) is 14.4. The van der Waals surface area contributed by atoms with E-state index in [4.69, 9.17) is 0 Å². The van der Waals surface area contributed by atoms with Gasteiger partial charge in [0.05, 0.1) is 22.3 Å². The predicted octanol–water partition coefficient (Wildman–Crippen LogP) is 3.34. The lowest BCUT2D eigenvalue weighted by Gasteiger charge is -2.07. The molecule has 0 radical (unpaired) electrons. The average Bonchev–Trinajstić information content (AvgIpc) is 3.07. The van der Waals surface area contributed by atoms with Crippen LogP contribution in [0.25, 0.3) is 28.1 Å². The number of hydrogen-bond acceptors (Lipinski definition) is 3. The molecule has 0 aliphatic carbocycles. The summed E-state index contributed by atoms with van der Waals surface area (Å²) in [6.07, 6.45) is 0.810. The van der Waals surface area contributed by atoms with Crippen LogP contribution >= 0.6 is 0 Å². The number of nitrogens with one attached hydrogen (secondary N) is 1. The minimum absolute atomic E-state index is 0.164. The number of rotatable bonds is 3. The Morgan fingerprint density at radius 1 is 1.04 bits per heavy atom. The molecule has 5 nitrogen and oxygen atoms in total. The van der Waals surface area contributed by atoms with Gasteiger partial charge in [0.2, 0.25) is 5.95 Å². The van der Waals surface area contributed by atoms with Gasteiger partial charge in [0.15, 0.2) is 0 Å². The fraction of sp³-hybridized carbons (Fsp3) is 0.105. The highest BCUT2D eigenvalue weighted by atomic mass is 16.1. The molecule has 2 aromatic carbocycles. The zero-order valence-electron chi connectivity index (χ0n) is 13.2. The lowest BCUT2D eigenvalue weighted by molar-refractivity contribution is 0.792. The summed E-state index contributed by atoms with van der Waals surface area (Å²) in [7, 11) is 0. The van der Waals surface area contributed by atoms with E-state index in [9.17, 15) is 4.79 Å². The fourth-order valence-corrected chi connectivity index (χ4v) is 2.75. The Labute approximate surface area is 138 Å². The lowest BCUT2D eigenvalue weighted by Crippen LogP contribution is -2.15. The summed E-state index contributed by atoms with van der Waals surface area (Å²) in [5.41, 5.74) is 3.38. The normalized spacial score (nSPS) is 11.0. The Bertz CT molecular complexity index is 1060. The highest BCUT2D eigenvalue weighted by molar-refractivity contribution is 5.77. The molecule has 4 rings (SSSR count). The van der Waals surface area contributed by atoms with Crippen LogP contribution in [-0.2, 0) is 6.42 Å². The van der Waals surface area contributed by atoms with Crippen LogP contribution in [0.15, 0.2) is 65.5 Å². The van der Waals surface area contributed by atoms with Gasteiger partial charge < -0.3 is 0 Å². The van der Waals surface area contributed by atoms with Gasteiger partial charge in [-0.05, 0) is 24.6 Å². The van der Waals surface area contributed by atoms with Gasteiger partial charge in [-0.15, -0.1) is 0 Å². The standard InChI is InChI=1S/C19H16N4O/c1-2-14-12-17(13-8-4-3-5-9-13)23(22-14)19-20-16-11-7-6-10-15(16)18(24)21-19/h3-12H,2H2,1H3,(H,20,21,24). The lowest BCUT2D eigenvalue weighted by atomic mass is 10.1. The van der Waals surface area contributed by atoms with Crippen LogP contribution in [0, 0.1) is 0 Å². The number of aryl methyl sites for hydroxylation is 1. The van der Waals surface area contributed by atoms with Crippen LogP contribution in [-0.4, -0.2) is 19.7 Å².